The summed E-state index contributed by atoms with van der Waals surface area (Å²) in [5, 5.41) is 0. The van der Waals surface area contributed by atoms with Gasteiger partial charge in [0.15, 0.2) is 0 Å². The van der Waals surface area contributed by atoms with E-state index >= 15 is 0 Å². The zero-order valence-electron chi connectivity index (χ0n) is 9.37. The standard InChI is InChI=1S/C12H22O2/c1-5-7-13-9-11(3)12(4)10-14-8-6-2/h5-6,11-12H,1-2,7-10H2,3-4H3. The molecule has 0 rings (SSSR count). The fourth-order valence-electron chi connectivity index (χ4n) is 1.00. The predicted octanol–water partition coefficient (Wildman–Crippen LogP) is 2.66. The molecule has 0 heterocycles. The van der Waals surface area contributed by atoms with Gasteiger partial charge in [0, 0.05) is 13.2 Å². The van der Waals surface area contributed by atoms with Crippen LogP contribution in [0.15, 0.2) is 25.3 Å². The second-order valence-electron chi connectivity index (χ2n) is 3.61. The summed E-state index contributed by atoms with van der Waals surface area (Å²) in [5.74, 6) is 1.03. The van der Waals surface area contributed by atoms with Crippen molar-refractivity contribution in [2.75, 3.05) is 26.4 Å². The van der Waals surface area contributed by atoms with Gasteiger partial charge in [-0.2, -0.15) is 0 Å². The van der Waals surface area contributed by atoms with E-state index < -0.39 is 0 Å². The highest BCUT2D eigenvalue weighted by Gasteiger charge is 2.11. The van der Waals surface area contributed by atoms with Crippen molar-refractivity contribution in [1.82, 2.24) is 0 Å². The molecule has 0 aromatic rings. The maximum absolute atomic E-state index is 5.38. The highest BCUT2D eigenvalue weighted by atomic mass is 16.5. The molecule has 0 N–H and O–H groups in total. The van der Waals surface area contributed by atoms with Crippen LogP contribution >= 0.6 is 0 Å². The molecule has 82 valence electrons. The van der Waals surface area contributed by atoms with Gasteiger partial charge in [-0.15, -0.1) is 13.2 Å². The topological polar surface area (TPSA) is 18.5 Å². The minimum absolute atomic E-state index is 0.514. The van der Waals surface area contributed by atoms with E-state index in [4.69, 9.17) is 9.47 Å². The smallest absolute Gasteiger partial charge is 0.0644 e. The molecule has 0 bridgehead atoms. The van der Waals surface area contributed by atoms with Crippen molar-refractivity contribution >= 4 is 0 Å². The van der Waals surface area contributed by atoms with E-state index in [1.807, 2.05) is 0 Å². The van der Waals surface area contributed by atoms with Gasteiger partial charge in [0.05, 0.1) is 13.2 Å². The number of rotatable bonds is 9. The molecule has 2 heteroatoms. The van der Waals surface area contributed by atoms with Crippen LogP contribution in [0.3, 0.4) is 0 Å². The van der Waals surface area contributed by atoms with Crippen molar-refractivity contribution in [1.29, 1.82) is 0 Å². The van der Waals surface area contributed by atoms with Crippen molar-refractivity contribution in [2.24, 2.45) is 11.8 Å². The lowest BCUT2D eigenvalue weighted by Crippen LogP contribution is -2.19. The maximum Gasteiger partial charge on any atom is 0.0644 e. The van der Waals surface area contributed by atoms with Crippen LogP contribution in [0.1, 0.15) is 13.8 Å². The Bertz CT molecular complexity index is 136. The highest BCUT2D eigenvalue weighted by Crippen LogP contribution is 2.11. The van der Waals surface area contributed by atoms with Gasteiger partial charge >= 0.3 is 0 Å². The summed E-state index contributed by atoms with van der Waals surface area (Å²) in [6.07, 6.45) is 3.54. The van der Waals surface area contributed by atoms with Crippen LogP contribution in [0.5, 0.6) is 0 Å². The van der Waals surface area contributed by atoms with E-state index in [-0.39, 0.29) is 0 Å². The lowest BCUT2D eigenvalue weighted by atomic mass is 9.98. The van der Waals surface area contributed by atoms with Gasteiger partial charge in [-0.1, -0.05) is 26.0 Å². The molecule has 0 aromatic carbocycles. The zero-order chi connectivity index (χ0) is 10.8. The Balaban J connectivity index is 3.47. The Morgan fingerprint density at radius 3 is 1.57 bits per heavy atom. The SMILES string of the molecule is C=CCOCC(C)C(C)COCC=C. The minimum Gasteiger partial charge on any atom is -0.377 e. The fraction of sp³-hybridized carbons (Fsp3) is 0.667. The van der Waals surface area contributed by atoms with Crippen LogP contribution in [-0.4, -0.2) is 26.4 Å². The number of ether oxygens (including phenoxy) is 2. The molecule has 2 nitrogen and oxygen atoms in total. The Kier molecular flexibility index (Phi) is 8.59. The Morgan fingerprint density at radius 1 is 0.929 bits per heavy atom. The first-order chi connectivity index (χ1) is 6.72. The Labute approximate surface area is 87.6 Å². The van der Waals surface area contributed by atoms with Crippen molar-refractivity contribution in [3.63, 3.8) is 0 Å². The summed E-state index contributed by atoms with van der Waals surface area (Å²) < 4.78 is 10.8. The molecule has 0 amide bonds. The van der Waals surface area contributed by atoms with Gasteiger partial charge in [0.25, 0.3) is 0 Å². The van der Waals surface area contributed by atoms with Crippen LogP contribution in [-0.2, 0) is 9.47 Å². The van der Waals surface area contributed by atoms with Crippen LogP contribution in [0.25, 0.3) is 0 Å². The van der Waals surface area contributed by atoms with Gasteiger partial charge in [-0.25, -0.2) is 0 Å². The molecule has 0 saturated carbocycles. The lowest BCUT2D eigenvalue weighted by molar-refractivity contribution is 0.0621. The van der Waals surface area contributed by atoms with Crippen molar-refractivity contribution in [2.45, 2.75) is 13.8 Å². The summed E-state index contributed by atoms with van der Waals surface area (Å²) in [6.45, 7) is 14.3. The van der Waals surface area contributed by atoms with E-state index in [9.17, 15) is 0 Å². The van der Waals surface area contributed by atoms with Crippen LogP contribution in [0, 0.1) is 11.8 Å². The molecule has 0 aromatic heterocycles. The first-order valence-electron chi connectivity index (χ1n) is 5.09. The summed E-state index contributed by atoms with van der Waals surface area (Å²) >= 11 is 0. The predicted molar refractivity (Wildman–Crippen MR) is 60.4 cm³/mol. The summed E-state index contributed by atoms with van der Waals surface area (Å²) in [4.78, 5) is 0. The largest absolute Gasteiger partial charge is 0.377 e. The first kappa shape index (κ1) is 13.4. The van der Waals surface area contributed by atoms with Gasteiger partial charge in [0.2, 0.25) is 0 Å². The fourth-order valence-corrected chi connectivity index (χ4v) is 1.00. The molecular weight excluding hydrogens is 176 g/mol. The molecule has 0 aliphatic rings. The van der Waals surface area contributed by atoms with E-state index in [0.29, 0.717) is 25.0 Å². The third kappa shape index (κ3) is 6.87. The highest BCUT2D eigenvalue weighted by molar-refractivity contribution is 4.67. The van der Waals surface area contributed by atoms with Crippen molar-refractivity contribution in [3.05, 3.63) is 25.3 Å². The van der Waals surface area contributed by atoms with Gasteiger partial charge in [-0.3, -0.25) is 0 Å². The summed E-state index contributed by atoms with van der Waals surface area (Å²) in [5.41, 5.74) is 0. The summed E-state index contributed by atoms with van der Waals surface area (Å²) in [6, 6.07) is 0. The van der Waals surface area contributed by atoms with E-state index in [1.165, 1.54) is 0 Å². The normalized spacial score (nSPS) is 14.7. The van der Waals surface area contributed by atoms with Crippen molar-refractivity contribution in [3.8, 4) is 0 Å². The monoisotopic (exact) mass is 198 g/mol. The molecule has 2 unspecified atom stereocenters. The zero-order valence-corrected chi connectivity index (χ0v) is 9.37. The molecule has 0 fully saturated rings. The molecular formula is C12H22O2. The number of hydrogen-bond acceptors (Lipinski definition) is 2. The lowest BCUT2D eigenvalue weighted by Gasteiger charge is -2.19. The second-order valence-corrected chi connectivity index (χ2v) is 3.61. The van der Waals surface area contributed by atoms with Gasteiger partial charge in [-0.05, 0) is 11.8 Å². The Morgan fingerprint density at radius 2 is 1.29 bits per heavy atom. The third-order valence-electron chi connectivity index (χ3n) is 2.20. The van der Waals surface area contributed by atoms with Crippen LogP contribution < -0.4 is 0 Å². The quantitative estimate of drug-likeness (QED) is 0.419. The van der Waals surface area contributed by atoms with Crippen LogP contribution in [0.2, 0.25) is 0 Å². The van der Waals surface area contributed by atoms with E-state index in [0.717, 1.165) is 13.2 Å². The maximum atomic E-state index is 5.38. The molecule has 0 aliphatic carbocycles. The van der Waals surface area contributed by atoms with Gasteiger partial charge in [0.1, 0.15) is 0 Å². The van der Waals surface area contributed by atoms with Crippen LogP contribution in [0.4, 0.5) is 0 Å². The van der Waals surface area contributed by atoms with Crippen molar-refractivity contribution < 1.29 is 9.47 Å². The third-order valence-corrected chi connectivity index (χ3v) is 2.20. The minimum atomic E-state index is 0.514. The van der Waals surface area contributed by atoms with Gasteiger partial charge < -0.3 is 9.47 Å². The molecule has 14 heavy (non-hydrogen) atoms. The molecule has 0 radical (unpaired) electrons. The van der Waals surface area contributed by atoms with E-state index in [2.05, 4.69) is 27.0 Å². The average molecular weight is 198 g/mol. The molecule has 0 saturated heterocycles. The number of hydrogen-bond donors (Lipinski definition) is 0. The molecule has 0 spiro atoms. The Hall–Kier alpha value is -0.600. The molecule has 2 atom stereocenters. The summed E-state index contributed by atoms with van der Waals surface area (Å²) in [7, 11) is 0. The van der Waals surface area contributed by atoms with E-state index in [1.54, 1.807) is 12.2 Å². The average Bonchev–Trinajstić information content (AvgIpc) is 2.18. The second kappa shape index (κ2) is 8.97. The first-order valence-corrected chi connectivity index (χ1v) is 5.09. The molecule has 0 aliphatic heterocycles.